The lowest BCUT2D eigenvalue weighted by Crippen LogP contribution is -1.87. The second-order valence-electron chi connectivity index (χ2n) is 5.17. The van der Waals surface area contributed by atoms with Crippen LogP contribution in [-0.4, -0.2) is 4.98 Å². The minimum atomic E-state index is 0.552. The van der Waals surface area contributed by atoms with E-state index in [0.29, 0.717) is 5.92 Å². The first kappa shape index (κ1) is 12.3. The summed E-state index contributed by atoms with van der Waals surface area (Å²) in [6.45, 7) is 4.40. The van der Waals surface area contributed by atoms with Crippen molar-refractivity contribution < 1.29 is 0 Å². The maximum absolute atomic E-state index is 6.38. The van der Waals surface area contributed by atoms with E-state index in [1.807, 2.05) is 12.3 Å². The van der Waals surface area contributed by atoms with Gasteiger partial charge in [-0.2, -0.15) is 0 Å². The zero-order valence-electron chi connectivity index (χ0n) is 11.1. The lowest BCUT2D eigenvalue weighted by Gasteiger charge is -2.09. The molecular weight excluding hydrogens is 254 g/mol. The van der Waals surface area contributed by atoms with E-state index in [2.05, 4.69) is 55.2 Å². The molecule has 0 fully saturated rings. The minimum Gasteiger partial charge on any atom is -0.361 e. The van der Waals surface area contributed by atoms with Crippen LogP contribution in [0, 0.1) is 0 Å². The largest absolute Gasteiger partial charge is 0.361 e. The Morgan fingerprint density at radius 1 is 1.00 bits per heavy atom. The summed E-state index contributed by atoms with van der Waals surface area (Å²) in [5.74, 6) is 0.552. The summed E-state index contributed by atoms with van der Waals surface area (Å²) in [5, 5.41) is 1.97. The standard InChI is InChI=1S/C17H16ClN/c1-11(2)12-3-5-13(6-4-12)15-9-14-7-8-19-17(14)10-16(15)18/h3-11,19H,1-2H3. The Balaban J connectivity index is 2.09. The lowest BCUT2D eigenvalue weighted by atomic mass is 9.98. The zero-order valence-corrected chi connectivity index (χ0v) is 11.8. The number of nitrogens with one attached hydrogen (secondary N) is 1. The summed E-state index contributed by atoms with van der Waals surface area (Å²) in [5.41, 5.74) is 4.68. The van der Waals surface area contributed by atoms with Crippen LogP contribution in [0.5, 0.6) is 0 Å². The van der Waals surface area contributed by atoms with Crippen LogP contribution in [-0.2, 0) is 0 Å². The number of benzene rings is 2. The number of halogens is 1. The molecule has 2 aromatic carbocycles. The number of H-pyrrole nitrogens is 1. The number of fused-ring (bicyclic) bond motifs is 1. The molecule has 1 N–H and O–H groups in total. The van der Waals surface area contributed by atoms with Crippen molar-refractivity contribution in [2.45, 2.75) is 19.8 Å². The van der Waals surface area contributed by atoms with E-state index in [9.17, 15) is 0 Å². The molecule has 2 heteroatoms. The van der Waals surface area contributed by atoms with Crippen LogP contribution in [0.3, 0.4) is 0 Å². The van der Waals surface area contributed by atoms with Crippen LogP contribution in [0.1, 0.15) is 25.3 Å². The summed E-state index contributed by atoms with van der Waals surface area (Å²) < 4.78 is 0. The molecule has 0 radical (unpaired) electrons. The second-order valence-corrected chi connectivity index (χ2v) is 5.58. The molecule has 96 valence electrons. The first-order valence-corrected chi connectivity index (χ1v) is 6.90. The van der Waals surface area contributed by atoms with Gasteiger partial charge in [0.25, 0.3) is 0 Å². The number of hydrogen-bond acceptors (Lipinski definition) is 0. The Morgan fingerprint density at radius 2 is 1.74 bits per heavy atom. The van der Waals surface area contributed by atoms with Crippen molar-refractivity contribution >= 4 is 22.5 Å². The SMILES string of the molecule is CC(C)c1ccc(-c2cc3cc[nH]c3cc2Cl)cc1. The van der Waals surface area contributed by atoms with Crippen LogP contribution < -0.4 is 0 Å². The number of rotatable bonds is 2. The second kappa shape index (κ2) is 4.75. The van der Waals surface area contributed by atoms with Crippen molar-refractivity contribution in [1.29, 1.82) is 0 Å². The third-order valence-corrected chi connectivity index (χ3v) is 3.84. The molecule has 0 amide bonds. The molecule has 0 aliphatic carbocycles. The summed E-state index contributed by atoms with van der Waals surface area (Å²) in [6, 6.07) is 14.8. The molecule has 0 aliphatic rings. The normalized spacial score (nSPS) is 11.4. The summed E-state index contributed by atoms with van der Waals surface area (Å²) in [6.07, 6.45) is 1.94. The Morgan fingerprint density at radius 3 is 2.42 bits per heavy atom. The number of aromatic amines is 1. The molecule has 1 heterocycles. The zero-order chi connectivity index (χ0) is 13.4. The van der Waals surface area contributed by atoms with Gasteiger partial charge in [0.05, 0.1) is 5.02 Å². The fraction of sp³-hybridized carbons (Fsp3) is 0.176. The Kier molecular flexibility index (Phi) is 3.08. The Hall–Kier alpha value is -1.73. The molecule has 19 heavy (non-hydrogen) atoms. The monoisotopic (exact) mass is 269 g/mol. The quantitative estimate of drug-likeness (QED) is 0.622. The minimum absolute atomic E-state index is 0.552. The van der Waals surface area contributed by atoms with Crippen LogP contribution in [0.2, 0.25) is 5.02 Å². The molecule has 0 aliphatic heterocycles. The maximum Gasteiger partial charge on any atom is 0.0505 e. The van der Waals surface area contributed by atoms with E-state index in [4.69, 9.17) is 11.6 Å². The van der Waals surface area contributed by atoms with E-state index in [0.717, 1.165) is 21.7 Å². The van der Waals surface area contributed by atoms with Gasteiger partial charge in [-0.15, -0.1) is 0 Å². The van der Waals surface area contributed by atoms with Gasteiger partial charge in [-0.05, 0) is 35.2 Å². The molecule has 0 saturated heterocycles. The van der Waals surface area contributed by atoms with Crippen LogP contribution in [0.4, 0.5) is 0 Å². The Labute approximate surface area is 118 Å². The molecule has 0 atom stereocenters. The predicted octanol–water partition coefficient (Wildman–Crippen LogP) is 5.61. The van der Waals surface area contributed by atoms with Crippen LogP contribution in [0.25, 0.3) is 22.0 Å². The van der Waals surface area contributed by atoms with E-state index in [1.54, 1.807) is 0 Å². The van der Waals surface area contributed by atoms with Crippen molar-refractivity contribution in [1.82, 2.24) is 4.98 Å². The number of aromatic nitrogens is 1. The molecule has 0 spiro atoms. The van der Waals surface area contributed by atoms with E-state index >= 15 is 0 Å². The summed E-state index contributed by atoms with van der Waals surface area (Å²) in [7, 11) is 0. The summed E-state index contributed by atoms with van der Waals surface area (Å²) >= 11 is 6.38. The third-order valence-electron chi connectivity index (χ3n) is 3.53. The van der Waals surface area contributed by atoms with Gasteiger partial charge in [-0.25, -0.2) is 0 Å². The fourth-order valence-electron chi connectivity index (χ4n) is 2.34. The smallest absolute Gasteiger partial charge is 0.0505 e. The summed E-state index contributed by atoms with van der Waals surface area (Å²) in [4.78, 5) is 3.18. The molecule has 3 aromatic rings. The number of hydrogen-bond donors (Lipinski definition) is 1. The highest BCUT2D eigenvalue weighted by molar-refractivity contribution is 6.34. The average molecular weight is 270 g/mol. The topological polar surface area (TPSA) is 15.8 Å². The first-order valence-electron chi connectivity index (χ1n) is 6.52. The van der Waals surface area contributed by atoms with Gasteiger partial charge in [0.2, 0.25) is 0 Å². The van der Waals surface area contributed by atoms with Crippen molar-refractivity contribution in [2.75, 3.05) is 0 Å². The van der Waals surface area contributed by atoms with Gasteiger partial charge in [-0.3, -0.25) is 0 Å². The van der Waals surface area contributed by atoms with Gasteiger partial charge in [-0.1, -0.05) is 49.7 Å². The highest BCUT2D eigenvalue weighted by Crippen LogP contribution is 2.32. The molecule has 0 saturated carbocycles. The van der Waals surface area contributed by atoms with Gasteiger partial charge in [0, 0.05) is 22.7 Å². The van der Waals surface area contributed by atoms with Crippen molar-refractivity contribution in [2.24, 2.45) is 0 Å². The van der Waals surface area contributed by atoms with Gasteiger partial charge in [0.1, 0.15) is 0 Å². The maximum atomic E-state index is 6.38. The van der Waals surface area contributed by atoms with Crippen molar-refractivity contribution in [3.05, 3.63) is 59.2 Å². The highest BCUT2D eigenvalue weighted by atomic mass is 35.5. The third kappa shape index (κ3) is 2.26. The predicted molar refractivity (Wildman–Crippen MR) is 82.8 cm³/mol. The van der Waals surface area contributed by atoms with E-state index in [1.165, 1.54) is 10.9 Å². The highest BCUT2D eigenvalue weighted by Gasteiger charge is 2.07. The average Bonchev–Trinajstić information content (AvgIpc) is 2.85. The molecule has 0 unspecified atom stereocenters. The van der Waals surface area contributed by atoms with Crippen molar-refractivity contribution in [3.8, 4) is 11.1 Å². The van der Waals surface area contributed by atoms with Gasteiger partial charge in [0.15, 0.2) is 0 Å². The van der Waals surface area contributed by atoms with Crippen molar-refractivity contribution in [3.63, 3.8) is 0 Å². The molecule has 0 bridgehead atoms. The fourth-order valence-corrected chi connectivity index (χ4v) is 2.62. The van der Waals surface area contributed by atoms with E-state index in [-0.39, 0.29) is 0 Å². The Bertz CT molecular complexity index is 708. The van der Waals surface area contributed by atoms with E-state index < -0.39 is 0 Å². The first-order chi connectivity index (χ1) is 9.15. The molecule has 1 aromatic heterocycles. The van der Waals surface area contributed by atoms with Gasteiger partial charge >= 0.3 is 0 Å². The lowest BCUT2D eigenvalue weighted by molar-refractivity contribution is 0.867. The van der Waals surface area contributed by atoms with Gasteiger partial charge < -0.3 is 4.98 Å². The molecular formula is C17H16ClN. The van der Waals surface area contributed by atoms with Crippen LogP contribution >= 0.6 is 11.6 Å². The van der Waals surface area contributed by atoms with Crippen LogP contribution in [0.15, 0.2) is 48.7 Å². The molecule has 3 rings (SSSR count). The molecule has 1 nitrogen and oxygen atoms in total.